The van der Waals surface area contributed by atoms with Crippen molar-refractivity contribution in [1.29, 1.82) is 0 Å². The Hall–Kier alpha value is -2.24. The van der Waals surface area contributed by atoms with Crippen LogP contribution in [0.3, 0.4) is 0 Å². The van der Waals surface area contributed by atoms with E-state index in [1.54, 1.807) is 31.1 Å². The molecule has 1 aromatic rings. The molecule has 0 saturated heterocycles. The lowest BCUT2D eigenvalue weighted by Crippen LogP contribution is -2.22. The Kier molecular flexibility index (Phi) is 3.92. The lowest BCUT2D eigenvalue weighted by molar-refractivity contribution is -0.121. The maximum absolute atomic E-state index is 11.7. The van der Waals surface area contributed by atoms with E-state index in [1.165, 1.54) is 6.07 Å². The molecule has 0 unspecified atom stereocenters. The van der Waals surface area contributed by atoms with Crippen LogP contribution in [0.5, 0.6) is 0 Å². The number of hydrogen-bond acceptors (Lipinski definition) is 5. The van der Waals surface area contributed by atoms with Crippen molar-refractivity contribution in [3.8, 4) is 0 Å². The minimum atomic E-state index is -0.700. The van der Waals surface area contributed by atoms with Crippen LogP contribution in [-0.4, -0.2) is 32.6 Å². The third kappa shape index (κ3) is 3.37. The van der Waals surface area contributed by atoms with Crippen molar-refractivity contribution in [2.75, 3.05) is 31.3 Å². The Bertz CT molecular complexity index is 444. The zero-order valence-electron chi connectivity index (χ0n) is 9.77. The van der Waals surface area contributed by atoms with E-state index in [4.69, 9.17) is 16.2 Å². The third-order valence-electron chi connectivity index (χ3n) is 2.07. The predicted molar refractivity (Wildman–Crippen MR) is 64.7 cm³/mol. The molecule has 1 aromatic carbocycles. The average molecular weight is 237 g/mol. The number of hydrogen-bond donors (Lipinski definition) is 2. The van der Waals surface area contributed by atoms with Crippen LogP contribution in [0.1, 0.15) is 10.4 Å². The van der Waals surface area contributed by atoms with Crippen molar-refractivity contribution in [3.05, 3.63) is 23.8 Å². The van der Waals surface area contributed by atoms with Crippen molar-refractivity contribution in [2.45, 2.75) is 0 Å². The Morgan fingerprint density at radius 2 is 2.00 bits per heavy atom. The lowest BCUT2D eigenvalue weighted by Gasteiger charge is -2.16. The SMILES string of the molecule is CN(C)c1ccc(N)cc1C(=O)OCC(N)=O. The first-order valence-electron chi connectivity index (χ1n) is 4.94. The molecule has 0 saturated carbocycles. The first-order valence-corrected chi connectivity index (χ1v) is 4.94. The van der Waals surface area contributed by atoms with E-state index in [1.807, 2.05) is 0 Å². The van der Waals surface area contributed by atoms with E-state index in [9.17, 15) is 9.59 Å². The Labute approximate surface area is 99.1 Å². The number of carbonyl (C=O) groups excluding carboxylic acids is 2. The largest absolute Gasteiger partial charge is 0.452 e. The molecular formula is C11H15N3O3. The van der Waals surface area contributed by atoms with Gasteiger partial charge in [-0.2, -0.15) is 0 Å². The van der Waals surface area contributed by atoms with Gasteiger partial charge in [0.2, 0.25) is 0 Å². The summed E-state index contributed by atoms with van der Waals surface area (Å²) in [6.07, 6.45) is 0. The zero-order chi connectivity index (χ0) is 13.0. The Balaban J connectivity index is 2.98. The van der Waals surface area contributed by atoms with Gasteiger partial charge in [0.1, 0.15) is 0 Å². The summed E-state index contributed by atoms with van der Waals surface area (Å²) in [7, 11) is 3.58. The smallest absolute Gasteiger partial charge is 0.340 e. The molecule has 6 heteroatoms. The molecule has 0 radical (unpaired) electrons. The van der Waals surface area contributed by atoms with Gasteiger partial charge >= 0.3 is 5.97 Å². The van der Waals surface area contributed by atoms with Crippen molar-refractivity contribution in [1.82, 2.24) is 0 Å². The van der Waals surface area contributed by atoms with Gasteiger partial charge in [-0.15, -0.1) is 0 Å². The van der Waals surface area contributed by atoms with Gasteiger partial charge in [-0.1, -0.05) is 0 Å². The summed E-state index contributed by atoms with van der Waals surface area (Å²) in [4.78, 5) is 24.0. The van der Waals surface area contributed by atoms with Crippen LogP contribution in [0.2, 0.25) is 0 Å². The fourth-order valence-electron chi connectivity index (χ4n) is 1.32. The summed E-state index contributed by atoms with van der Waals surface area (Å²) in [6.45, 7) is -0.444. The van der Waals surface area contributed by atoms with Gasteiger partial charge in [0.25, 0.3) is 5.91 Å². The molecule has 0 fully saturated rings. The molecule has 1 rings (SSSR count). The first kappa shape index (κ1) is 12.8. The van der Waals surface area contributed by atoms with Crippen LogP contribution in [0.4, 0.5) is 11.4 Å². The van der Waals surface area contributed by atoms with Crippen LogP contribution in [-0.2, 0) is 9.53 Å². The van der Waals surface area contributed by atoms with Gasteiger partial charge in [-0.3, -0.25) is 4.79 Å². The zero-order valence-corrected chi connectivity index (χ0v) is 9.77. The van der Waals surface area contributed by atoms with Crippen molar-refractivity contribution >= 4 is 23.3 Å². The molecule has 0 bridgehead atoms. The third-order valence-corrected chi connectivity index (χ3v) is 2.07. The van der Waals surface area contributed by atoms with E-state index in [0.29, 0.717) is 16.9 Å². The molecule has 0 spiro atoms. The minimum Gasteiger partial charge on any atom is -0.452 e. The molecule has 0 aliphatic heterocycles. The monoisotopic (exact) mass is 237 g/mol. The summed E-state index contributed by atoms with van der Waals surface area (Å²) in [5.41, 5.74) is 11.9. The fraction of sp³-hybridized carbons (Fsp3) is 0.273. The number of primary amides is 1. The second-order valence-electron chi connectivity index (χ2n) is 3.71. The number of rotatable bonds is 4. The number of nitrogens with zero attached hydrogens (tertiary/aromatic N) is 1. The topological polar surface area (TPSA) is 98.7 Å². The van der Waals surface area contributed by atoms with E-state index >= 15 is 0 Å². The van der Waals surface area contributed by atoms with E-state index in [-0.39, 0.29) is 0 Å². The van der Waals surface area contributed by atoms with Crippen molar-refractivity contribution < 1.29 is 14.3 Å². The van der Waals surface area contributed by atoms with Crippen LogP contribution in [0.25, 0.3) is 0 Å². The fourth-order valence-corrected chi connectivity index (χ4v) is 1.32. The maximum Gasteiger partial charge on any atom is 0.340 e. The Morgan fingerprint density at radius 1 is 1.35 bits per heavy atom. The number of benzene rings is 1. The number of anilines is 2. The van der Waals surface area contributed by atoms with Crippen LogP contribution in [0.15, 0.2) is 18.2 Å². The van der Waals surface area contributed by atoms with Gasteiger partial charge < -0.3 is 21.1 Å². The summed E-state index contributed by atoms with van der Waals surface area (Å²) < 4.78 is 4.74. The molecule has 17 heavy (non-hydrogen) atoms. The molecule has 6 nitrogen and oxygen atoms in total. The second-order valence-corrected chi connectivity index (χ2v) is 3.71. The van der Waals surface area contributed by atoms with Crippen LogP contribution >= 0.6 is 0 Å². The highest BCUT2D eigenvalue weighted by atomic mass is 16.5. The van der Waals surface area contributed by atoms with Gasteiger partial charge in [0.05, 0.1) is 11.3 Å². The summed E-state index contributed by atoms with van der Waals surface area (Å²) in [5, 5.41) is 0. The minimum absolute atomic E-state index is 0.302. The van der Waals surface area contributed by atoms with Crippen LogP contribution < -0.4 is 16.4 Å². The van der Waals surface area contributed by atoms with Crippen LogP contribution in [0, 0.1) is 0 Å². The molecule has 0 heterocycles. The molecule has 0 aliphatic carbocycles. The standard InChI is InChI=1S/C11H15N3O3/c1-14(2)9-4-3-7(12)5-8(9)11(16)17-6-10(13)15/h3-5H,6,12H2,1-2H3,(H2,13,15). The molecule has 0 aliphatic rings. The number of esters is 1. The quantitative estimate of drug-likeness (QED) is 0.566. The first-order chi connectivity index (χ1) is 7.91. The van der Waals surface area contributed by atoms with Gasteiger partial charge in [-0.25, -0.2) is 4.79 Å². The molecular weight excluding hydrogens is 222 g/mol. The number of carbonyl (C=O) groups is 2. The molecule has 0 atom stereocenters. The Morgan fingerprint density at radius 3 is 2.53 bits per heavy atom. The second kappa shape index (κ2) is 5.20. The number of nitrogens with two attached hydrogens (primary N) is 2. The van der Waals surface area contributed by atoms with E-state index in [2.05, 4.69) is 0 Å². The predicted octanol–water partition coefficient (Wildman–Crippen LogP) is -0.0231. The number of amides is 1. The molecule has 0 aromatic heterocycles. The summed E-state index contributed by atoms with van der Waals surface area (Å²) in [6, 6.07) is 4.88. The molecule has 4 N–H and O–H groups in total. The van der Waals surface area contributed by atoms with E-state index < -0.39 is 18.5 Å². The number of ether oxygens (including phenoxy) is 1. The highest BCUT2D eigenvalue weighted by Gasteiger charge is 2.15. The van der Waals surface area contributed by atoms with Crippen molar-refractivity contribution in [2.24, 2.45) is 5.73 Å². The maximum atomic E-state index is 11.7. The number of nitrogen functional groups attached to an aromatic ring is 1. The normalized spacial score (nSPS) is 9.76. The van der Waals surface area contributed by atoms with Gasteiger partial charge in [0, 0.05) is 19.8 Å². The molecule has 1 amide bonds. The average Bonchev–Trinajstić information content (AvgIpc) is 2.25. The lowest BCUT2D eigenvalue weighted by atomic mass is 10.1. The highest BCUT2D eigenvalue weighted by Crippen LogP contribution is 2.22. The van der Waals surface area contributed by atoms with E-state index in [0.717, 1.165) is 0 Å². The van der Waals surface area contributed by atoms with Gasteiger partial charge in [-0.05, 0) is 18.2 Å². The summed E-state index contributed by atoms with van der Waals surface area (Å²) in [5.74, 6) is -1.33. The highest BCUT2D eigenvalue weighted by molar-refractivity contribution is 5.97. The summed E-state index contributed by atoms with van der Waals surface area (Å²) >= 11 is 0. The molecule has 92 valence electrons. The van der Waals surface area contributed by atoms with Crippen molar-refractivity contribution in [3.63, 3.8) is 0 Å². The van der Waals surface area contributed by atoms with Gasteiger partial charge in [0.15, 0.2) is 6.61 Å².